The number of ether oxygens (including phenoxy) is 2. The molecule has 0 spiro atoms. The fourth-order valence-corrected chi connectivity index (χ4v) is 5.32. The molecule has 3 aliphatic carbocycles. The topological polar surface area (TPSA) is 96.9 Å². The van der Waals surface area contributed by atoms with Crippen molar-refractivity contribution < 1.29 is 28.6 Å². The van der Waals surface area contributed by atoms with Gasteiger partial charge in [0.15, 0.2) is 12.7 Å². The molecule has 2 amide bonds. The summed E-state index contributed by atoms with van der Waals surface area (Å²) in [4.78, 5) is 25.0. The van der Waals surface area contributed by atoms with E-state index in [2.05, 4.69) is 10.6 Å². The summed E-state index contributed by atoms with van der Waals surface area (Å²) in [7, 11) is 0. The minimum atomic E-state index is -0.837. The van der Waals surface area contributed by atoms with Crippen molar-refractivity contribution >= 4 is 35.0 Å². The summed E-state index contributed by atoms with van der Waals surface area (Å²) in [6.07, 6.45) is 0.314. The van der Waals surface area contributed by atoms with Crippen LogP contribution in [-0.4, -0.2) is 40.7 Å². The van der Waals surface area contributed by atoms with Crippen molar-refractivity contribution in [3.05, 3.63) is 57.8 Å². The molecule has 1 heterocycles. The number of fused-ring (bicyclic) bond motifs is 1. The Morgan fingerprint density at radius 2 is 1.85 bits per heavy atom. The SMILES string of the molecule is O=C(COc1ccc(Cl)c(F)c1)NC12CC(NC(=O)[C@@H]3C[C@@H](O)c4cc(Cl)ccc4O3)(C1)C2. The van der Waals surface area contributed by atoms with E-state index in [-0.39, 0.29) is 46.7 Å². The van der Waals surface area contributed by atoms with E-state index in [1.165, 1.54) is 12.1 Å². The van der Waals surface area contributed by atoms with Crippen LogP contribution in [0.25, 0.3) is 0 Å². The average molecular weight is 495 g/mol. The monoisotopic (exact) mass is 494 g/mol. The van der Waals surface area contributed by atoms with Crippen molar-refractivity contribution in [2.75, 3.05) is 6.61 Å². The minimum Gasteiger partial charge on any atom is -0.484 e. The van der Waals surface area contributed by atoms with Crippen LogP contribution in [-0.2, 0) is 9.59 Å². The fraction of sp³-hybridized carbons (Fsp3) is 0.391. The molecule has 2 atom stereocenters. The van der Waals surface area contributed by atoms with Crippen LogP contribution in [0.15, 0.2) is 36.4 Å². The van der Waals surface area contributed by atoms with Gasteiger partial charge in [0, 0.05) is 34.2 Å². The molecule has 3 fully saturated rings. The third-order valence-electron chi connectivity index (χ3n) is 6.41. The lowest BCUT2D eigenvalue weighted by molar-refractivity contribution is -0.155. The van der Waals surface area contributed by atoms with Crippen LogP contribution in [0.3, 0.4) is 0 Å². The fourth-order valence-electron chi connectivity index (χ4n) is 5.02. The number of amides is 2. The Morgan fingerprint density at radius 1 is 1.12 bits per heavy atom. The normalized spacial score (nSPS) is 29.0. The van der Waals surface area contributed by atoms with Gasteiger partial charge in [0.1, 0.15) is 17.3 Å². The van der Waals surface area contributed by atoms with Crippen molar-refractivity contribution in [2.24, 2.45) is 0 Å². The first-order chi connectivity index (χ1) is 15.7. The Labute approximate surface area is 199 Å². The number of carbonyl (C=O) groups excluding carboxylic acids is 2. The van der Waals surface area contributed by atoms with Gasteiger partial charge in [-0.25, -0.2) is 4.39 Å². The Bertz CT molecular complexity index is 1120. The summed E-state index contributed by atoms with van der Waals surface area (Å²) in [6.45, 7) is -0.251. The second-order valence-corrected chi connectivity index (χ2v) is 9.88. The molecule has 3 saturated carbocycles. The Morgan fingerprint density at radius 3 is 2.58 bits per heavy atom. The van der Waals surface area contributed by atoms with E-state index in [0.717, 1.165) is 6.07 Å². The lowest BCUT2D eigenvalue weighted by atomic mass is 9.44. The van der Waals surface area contributed by atoms with Crippen LogP contribution in [0.2, 0.25) is 10.0 Å². The molecule has 7 nitrogen and oxygen atoms in total. The van der Waals surface area contributed by atoms with Crippen LogP contribution in [0.1, 0.15) is 37.4 Å². The van der Waals surface area contributed by atoms with Gasteiger partial charge in [-0.2, -0.15) is 0 Å². The van der Waals surface area contributed by atoms with E-state index in [9.17, 15) is 19.1 Å². The molecule has 0 saturated heterocycles. The van der Waals surface area contributed by atoms with Crippen LogP contribution in [0.5, 0.6) is 11.5 Å². The van der Waals surface area contributed by atoms with Gasteiger partial charge in [-0.3, -0.25) is 9.59 Å². The lowest BCUT2D eigenvalue weighted by Gasteiger charge is -2.70. The zero-order valence-electron chi connectivity index (χ0n) is 17.4. The molecular weight excluding hydrogens is 474 g/mol. The first kappa shape index (κ1) is 22.3. The molecule has 33 heavy (non-hydrogen) atoms. The summed E-state index contributed by atoms with van der Waals surface area (Å²) in [5.74, 6) is -0.568. The number of hydrogen-bond donors (Lipinski definition) is 3. The molecule has 2 bridgehead atoms. The molecule has 10 heteroatoms. The standard InChI is InChI=1S/C23H21Cl2FN2O5/c24-12-1-4-18-14(5-12)17(29)7-19(33-18)21(31)28-23-9-22(10-23,11-23)27-20(30)8-32-13-2-3-15(25)16(26)6-13/h1-6,17,19,29H,7-11H2,(H,27,30)(H,28,31)/t17-,19+,22?,23?/m1/s1. The van der Waals surface area contributed by atoms with Crippen LogP contribution in [0, 0.1) is 5.82 Å². The van der Waals surface area contributed by atoms with Gasteiger partial charge < -0.3 is 25.2 Å². The van der Waals surface area contributed by atoms with Crippen LogP contribution in [0.4, 0.5) is 4.39 Å². The number of nitrogens with one attached hydrogen (secondary N) is 2. The highest BCUT2D eigenvalue weighted by Crippen LogP contribution is 2.60. The largest absolute Gasteiger partial charge is 0.484 e. The summed E-state index contributed by atoms with van der Waals surface area (Å²) < 4.78 is 24.6. The van der Waals surface area contributed by atoms with E-state index in [4.69, 9.17) is 32.7 Å². The second kappa shape index (κ2) is 8.04. The van der Waals surface area contributed by atoms with Gasteiger partial charge in [0.25, 0.3) is 11.8 Å². The van der Waals surface area contributed by atoms with Crippen molar-refractivity contribution in [3.8, 4) is 11.5 Å². The maximum absolute atomic E-state index is 13.5. The maximum Gasteiger partial charge on any atom is 0.261 e. The Hall–Kier alpha value is -2.55. The van der Waals surface area contributed by atoms with Crippen molar-refractivity contribution in [1.29, 1.82) is 0 Å². The second-order valence-electron chi connectivity index (χ2n) is 9.03. The highest BCUT2D eigenvalue weighted by molar-refractivity contribution is 6.31. The number of hydrogen-bond acceptors (Lipinski definition) is 5. The van der Waals surface area contributed by atoms with E-state index < -0.39 is 18.0 Å². The van der Waals surface area contributed by atoms with Gasteiger partial charge in [-0.05, 0) is 49.6 Å². The lowest BCUT2D eigenvalue weighted by Crippen LogP contribution is -2.84. The number of aliphatic hydroxyl groups is 1. The van der Waals surface area contributed by atoms with E-state index in [1.54, 1.807) is 18.2 Å². The molecule has 3 N–H and O–H groups in total. The Balaban J connectivity index is 1.10. The molecule has 4 aliphatic rings. The number of carbonyl (C=O) groups is 2. The van der Waals surface area contributed by atoms with Gasteiger partial charge in [0.2, 0.25) is 0 Å². The summed E-state index contributed by atoms with van der Waals surface area (Å²) >= 11 is 11.6. The summed E-state index contributed by atoms with van der Waals surface area (Å²) in [5.41, 5.74) is -0.170. The number of rotatable bonds is 6. The number of benzene rings is 2. The van der Waals surface area contributed by atoms with E-state index in [0.29, 0.717) is 35.6 Å². The number of halogens is 3. The van der Waals surface area contributed by atoms with Crippen molar-refractivity contribution in [2.45, 2.75) is 49.0 Å². The predicted molar refractivity (Wildman–Crippen MR) is 118 cm³/mol. The smallest absolute Gasteiger partial charge is 0.261 e. The molecule has 0 unspecified atom stereocenters. The third-order valence-corrected chi connectivity index (χ3v) is 6.96. The maximum atomic E-state index is 13.5. The quantitative estimate of drug-likeness (QED) is 0.572. The Kier molecular flexibility index (Phi) is 5.42. The molecule has 2 aromatic carbocycles. The molecule has 2 aromatic rings. The van der Waals surface area contributed by atoms with E-state index in [1.807, 2.05) is 0 Å². The highest BCUT2D eigenvalue weighted by Gasteiger charge is 2.69. The van der Waals surface area contributed by atoms with Crippen LogP contribution < -0.4 is 20.1 Å². The molecule has 174 valence electrons. The first-order valence-electron chi connectivity index (χ1n) is 10.5. The predicted octanol–water partition coefficient (Wildman–Crippen LogP) is 3.30. The zero-order chi connectivity index (χ0) is 23.4. The molecule has 6 rings (SSSR count). The van der Waals surface area contributed by atoms with Gasteiger partial charge >= 0.3 is 0 Å². The zero-order valence-corrected chi connectivity index (χ0v) is 18.9. The van der Waals surface area contributed by atoms with Gasteiger partial charge in [-0.1, -0.05) is 23.2 Å². The van der Waals surface area contributed by atoms with Gasteiger partial charge in [0.05, 0.1) is 11.1 Å². The summed E-state index contributed by atoms with van der Waals surface area (Å²) in [5, 5.41) is 16.8. The molecule has 0 radical (unpaired) electrons. The van der Waals surface area contributed by atoms with Crippen molar-refractivity contribution in [3.63, 3.8) is 0 Å². The molecule has 1 aliphatic heterocycles. The van der Waals surface area contributed by atoms with Gasteiger partial charge in [-0.15, -0.1) is 0 Å². The van der Waals surface area contributed by atoms with Crippen LogP contribution >= 0.6 is 23.2 Å². The van der Waals surface area contributed by atoms with E-state index >= 15 is 0 Å². The first-order valence-corrected chi connectivity index (χ1v) is 11.3. The molecular formula is C23H21Cl2FN2O5. The average Bonchev–Trinajstić information content (AvgIpc) is 2.72. The highest BCUT2D eigenvalue weighted by atomic mass is 35.5. The molecule has 0 aromatic heterocycles. The summed E-state index contributed by atoms with van der Waals surface area (Å²) in [6, 6.07) is 8.90. The number of aliphatic hydroxyl groups excluding tert-OH is 1. The third kappa shape index (κ3) is 4.23. The van der Waals surface area contributed by atoms with Crippen molar-refractivity contribution in [1.82, 2.24) is 10.6 Å². The minimum absolute atomic E-state index is 0.0187.